The van der Waals surface area contributed by atoms with E-state index in [0.29, 0.717) is 0 Å². The van der Waals surface area contributed by atoms with Crippen LogP contribution in [0.15, 0.2) is 59.6 Å². The van der Waals surface area contributed by atoms with Crippen LogP contribution in [0.25, 0.3) is 0 Å². The molecule has 2 rings (SSSR count). The maximum absolute atomic E-state index is 4.26. The van der Waals surface area contributed by atoms with E-state index >= 15 is 0 Å². The van der Waals surface area contributed by atoms with Crippen molar-refractivity contribution in [2.24, 2.45) is 4.99 Å². The van der Waals surface area contributed by atoms with Crippen molar-refractivity contribution in [3.63, 3.8) is 0 Å². The fraction of sp³-hybridized carbons (Fsp3) is 0.278. The molecule has 2 aromatic carbocycles. The fourth-order valence-corrected chi connectivity index (χ4v) is 2.18. The highest BCUT2D eigenvalue weighted by atomic mass is 127. The topological polar surface area (TPSA) is 36.4 Å². The van der Waals surface area contributed by atoms with Crippen LogP contribution in [0.3, 0.4) is 0 Å². The minimum absolute atomic E-state index is 0. The van der Waals surface area contributed by atoms with Crippen LogP contribution < -0.4 is 10.6 Å². The number of aryl methyl sites for hydroxylation is 1. The summed E-state index contributed by atoms with van der Waals surface area (Å²) in [5.74, 6) is 0.842. The predicted octanol–water partition coefficient (Wildman–Crippen LogP) is 3.52. The summed E-state index contributed by atoms with van der Waals surface area (Å²) in [7, 11) is 1.80. The first-order valence-electron chi connectivity index (χ1n) is 7.32. The number of guanidine groups is 1. The van der Waals surface area contributed by atoms with E-state index in [2.05, 4.69) is 71.1 Å². The van der Waals surface area contributed by atoms with Gasteiger partial charge in [0.05, 0.1) is 0 Å². The monoisotopic (exact) mass is 409 g/mol. The number of aliphatic imine (C=N–C) groups is 1. The van der Waals surface area contributed by atoms with Crippen LogP contribution in [0.1, 0.15) is 16.7 Å². The van der Waals surface area contributed by atoms with Gasteiger partial charge in [-0.05, 0) is 30.0 Å². The van der Waals surface area contributed by atoms with Gasteiger partial charge in [-0.1, -0.05) is 54.6 Å². The van der Waals surface area contributed by atoms with E-state index in [4.69, 9.17) is 0 Å². The first-order valence-corrected chi connectivity index (χ1v) is 7.32. The lowest BCUT2D eigenvalue weighted by Gasteiger charge is -2.13. The average molecular weight is 409 g/mol. The maximum Gasteiger partial charge on any atom is 0.191 e. The van der Waals surface area contributed by atoms with Crippen molar-refractivity contribution in [3.05, 3.63) is 71.3 Å². The Morgan fingerprint density at radius 1 is 0.955 bits per heavy atom. The largest absolute Gasteiger partial charge is 0.356 e. The first kappa shape index (κ1) is 18.5. The molecule has 0 heterocycles. The van der Waals surface area contributed by atoms with Gasteiger partial charge in [0, 0.05) is 20.1 Å². The Morgan fingerprint density at radius 2 is 1.64 bits per heavy atom. The molecule has 0 amide bonds. The lowest BCUT2D eigenvalue weighted by atomic mass is 10.1. The van der Waals surface area contributed by atoms with Gasteiger partial charge in [-0.3, -0.25) is 4.99 Å². The third-order valence-electron chi connectivity index (χ3n) is 3.48. The molecule has 0 saturated heterocycles. The number of rotatable bonds is 5. The summed E-state index contributed by atoms with van der Waals surface area (Å²) < 4.78 is 0. The Bertz CT molecular complexity index is 582. The van der Waals surface area contributed by atoms with Gasteiger partial charge in [0.2, 0.25) is 0 Å². The molecule has 22 heavy (non-hydrogen) atoms. The second kappa shape index (κ2) is 10.2. The van der Waals surface area contributed by atoms with Crippen molar-refractivity contribution in [2.75, 3.05) is 13.6 Å². The quantitative estimate of drug-likeness (QED) is 0.451. The minimum Gasteiger partial charge on any atom is -0.356 e. The molecule has 4 heteroatoms. The third-order valence-corrected chi connectivity index (χ3v) is 3.48. The van der Waals surface area contributed by atoms with Gasteiger partial charge < -0.3 is 10.6 Å². The molecular weight excluding hydrogens is 385 g/mol. The molecule has 3 nitrogen and oxygen atoms in total. The predicted molar refractivity (Wildman–Crippen MR) is 105 cm³/mol. The minimum atomic E-state index is 0. The zero-order valence-corrected chi connectivity index (χ0v) is 15.5. The van der Waals surface area contributed by atoms with E-state index in [1.54, 1.807) is 7.05 Å². The summed E-state index contributed by atoms with van der Waals surface area (Å²) in [6.45, 7) is 3.79. The molecule has 2 N–H and O–H groups in total. The number of hydrogen-bond donors (Lipinski definition) is 2. The lowest BCUT2D eigenvalue weighted by Crippen LogP contribution is -2.38. The van der Waals surface area contributed by atoms with Crippen LogP contribution in [0, 0.1) is 6.92 Å². The van der Waals surface area contributed by atoms with Gasteiger partial charge in [-0.2, -0.15) is 0 Å². The van der Waals surface area contributed by atoms with Crippen LogP contribution in [0.2, 0.25) is 0 Å². The molecule has 0 radical (unpaired) electrons. The van der Waals surface area contributed by atoms with Crippen LogP contribution in [-0.4, -0.2) is 19.6 Å². The van der Waals surface area contributed by atoms with E-state index in [0.717, 1.165) is 25.5 Å². The fourth-order valence-electron chi connectivity index (χ4n) is 2.18. The molecule has 118 valence electrons. The van der Waals surface area contributed by atoms with Crippen molar-refractivity contribution in [3.8, 4) is 0 Å². The van der Waals surface area contributed by atoms with Gasteiger partial charge in [-0.15, -0.1) is 24.0 Å². The summed E-state index contributed by atoms with van der Waals surface area (Å²) in [5.41, 5.74) is 3.92. The summed E-state index contributed by atoms with van der Waals surface area (Å²) in [4.78, 5) is 4.26. The molecule has 0 aliphatic heterocycles. The Morgan fingerprint density at radius 3 is 2.32 bits per heavy atom. The second-order valence-electron chi connectivity index (χ2n) is 5.01. The van der Waals surface area contributed by atoms with E-state index < -0.39 is 0 Å². The van der Waals surface area contributed by atoms with Crippen molar-refractivity contribution in [2.45, 2.75) is 19.9 Å². The Labute approximate surface area is 150 Å². The SMILES string of the molecule is CN=C(NCCc1ccccc1)NCc1ccccc1C.I. The van der Waals surface area contributed by atoms with Gasteiger partial charge in [0.15, 0.2) is 5.96 Å². The van der Waals surface area contributed by atoms with Crippen LogP contribution >= 0.6 is 24.0 Å². The van der Waals surface area contributed by atoms with E-state index in [9.17, 15) is 0 Å². The average Bonchev–Trinajstić information content (AvgIpc) is 2.53. The summed E-state index contributed by atoms with van der Waals surface area (Å²) >= 11 is 0. The molecule has 0 atom stereocenters. The van der Waals surface area contributed by atoms with Gasteiger partial charge in [0.25, 0.3) is 0 Å². The molecule has 0 fully saturated rings. The molecule has 0 bridgehead atoms. The standard InChI is InChI=1S/C18H23N3.HI/c1-15-8-6-7-11-17(15)14-21-18(19-2)20-13-12-16-9-4-3-5-10-16;/h3-11H,12-14H2,1-2H3,(H2,19,20,21);1H. The van der Waals surface area contributed by atoms with Gasteiger partial charge in [0.1, 0.15) is 0 Å². The molecule has 0 aromatic heterocycles. The normalized spacial score (nSPS) is 10.7. The lowest BCUT2D eigenvalue weighted by molar-refractivity contribution is 0.792. The number of halogens is 1. The van der Waals surface area contributed by atoms with Crippen LogP contribution in [0.4, 0.5) is 0 Å². The molecule has 0 saturated carbocycles. The highest BCUT2D eigenvalue weighted by Gasteiger charge is 2.00. The highest BCUT2D eigenvalue weighted by molar-refractivity contribution is 14.0. The Hall–Kier alpha value is -1.56. The number of benzene rings is 2. The molecule has 0 aliphatic rings. The van der Waals surface area contributed by atoms with Crippen molar-refractivity contribution < 1.29 is 0 Å². The maximum atomic E-state index is 4.26. The highest BCUT2D eigenvalue weighted by Crippen LogP contribution is 2.05. The van der Waals surface area contributed by atoms with Crippen molar-refractivity contribution >= 4 is 29.9 Å². The summed E-state index contributed by atoms with van der Waals surface area (Å²) in [5, 5.41) is 6.70. The molecule has 0 spiro atoms. The van der Waals surface area contributed by atoms with Gasteiger partial charge >= 0.3 is 0 Å². The molecule has 2 aromatic rings. The summed E-state index contributed by atoms with van der Waals surface area (Å²) in [6.07, 6.45) is 0.992. The molecule has 0 unspecified atom stereocenters. The van der Waals surface area contributed by atoms with E-state index in [1.807, 2.05) is 6.07 Å². The number of hydrogen-bond acceptors (Lipinski definition) is 1. The van der Waals surface area contributed by atoms with Crippen LogP contribution in [0.5, 0.6) is 0 Å². The van der Waals surface area contributed by atoms with Gasteiger partial charge in [-0.25, -0.2) is 0 Å². The van der Waals surface area contributed by atoms with Crippen LogP contribution in [-0.2, 0) is 13.0 Å². The third kappa shape index (κ3) is 6.05. The number of nitrogens with zero attached hydrogens (tertiary/aromatic N) is 1. The smallest absolute Gasteiger partial charge is 0.191 e. The van der Waals surface area contributed by atoms with Crippen molar-refractivity contribution in [1.29, 1.82) is 0 Å². The Balaban J connectivity index is 0.00000242. The first-order chi connectivity index (χ1) is 10.3. The zero-order chi connectivity index (χ0) is 14.9. The second-order valence-corrected chi connectivity index (χ2v) is 5.01. The van der Waals surface area contributed by atoms with Crippen molar-refractivity contribution in [1.82, 2.24) is 10.6 Å². The summed E-state index contributed by atoms with van der Waals surface area (Å²) in [6, 6.07) is 18.9. The zero-order valence-electron chi connectivity index (χ0n) is 13.2. The molecular formula is C18H24IN3. The number of nitrogens with one attached hydrogen (secondary N) is 2. The molecule has 0 aliphatic carbocycles. The van der Waals surface area contributed by atoms with E-state index in [-0.39, 0.29) is 24.0 Å². The Kier molecular flexibility index (Phi) is 8.58. The van der Waals surface area contributed by atoms with E-state index in [1.165, 1.54) is 16.7 Å².